The van der Waals surface area contributed by atoms with Gasteiger partial charge in [0.15, 0.2) is 0 Å². The van der Waals surface area contributed by atoms with Crippen LogP contribution in [-0.2, 0) is 14.3 Å². The largest absolute Gasteiger partial charge is 0.481 e. The summed E-state index contributed by atoms with van der Waals surface area (Å²) in [5.74, 6) is -1.14. The molecule has 1 saturated heterocycles. The van der Waals surface area contributed by atoms with Gasteiger partial charge in [-0.25, -0.2) is 0 Å². The number of methoxy groups -OCH3 is 1. The van der Waals surface area contributed by atoms with Crippen LogP contribution in [0.5, 0.6) is 0 Å². The summed E-state index contributed by atoms with van der Waals surface area (Å²) in [6, 6.07) is 0. The van der Waals surface area contributed by atoms with Gasteiger partial charge in [-0.05, 0) is 13.0 Å². The van der Waals surface area contributed by atoms with Gasteiger partial charge in [0.2, 0.25) is 5.91 Å². The lowest BCUT2D eigenvalue weighted by Crippen LogP contribution is -2.38. The van der Waals surface area contributed by atoms with Crippen LogP contribution in [0.2, 0.25) is 0 Å². The standard InChI is InChI=1S/C12H22N2O4/c1-10(12(16)17)8-13-4-3-5-14(7-6-13)11(15)9-18-2/h10H,3-9H2,1-2H3,(H,16,17). The van der Waals surface area contributed by atoms with E-state index in [0.717, 1.165) is 26.1 Å². The summed E-state index contributed by atoms with van der Waals surface area (Å²) in [5.41, 5.74) is 0. The molecule has 1 rings (SSSR count). The van der Waals surface area contributed by atoms with Crippen molar-refractivity contribution in [3.63, 3.8) is 0 Å². The van der Waals surface area contributed by atoms with Crippen LogP contribution in [0.1, 0.15) is 13.3 Å². The second-order valence-electron chi connectivity index (χ2n) is 4.71. The zero-order valence-electron chi connectivity index (χ0n) is 11.1. The molecular formula is C12H22N2O4. The Balaban J connectivity index is 2.41. The molecule has 1 aliphatic rings. The second kappa shape index (κ2) is 7.33. The molecule has 1 fully saturated rings. The van der Waals surface area contributed by atoms with Gasteiger partial charge in [0, 0.05) is 33.3 Å². The summed E-state index contributed by atoms with van der Waals surface area (Å²) in [7, 11) is 1.51. The molecule has 0 bridgehead atoms. The maximum Gasteiger partial charge on any atom is 0.307 e. The minimum absolute atomic E-state index is 0.00522. The fourth-order valence-corrected chi connectivity index (χ4v) is 2.08. The molecule has 1 atom stereocenters. The molecule has 1 amide bonds. The van der Waals surface area contributed by atoms with Crippen LogP contribution >= 0.6 is 0 Å². The predicted octanol–water partition coefficient (Wildman–Crippen LogP) is -0.112. The third-order valence-electron chi connectivity index (χ3n) is 3.16. The molecule has 0 spiro atoms. The molecule has 0 aliphatic carbocycles. The maximum absolute atomic E-state index is 11.7. The number of hydrogen-bond acceptors (Lipinski definition) is 4. The molecule has 104 valence electrons. The smallest absolute Gasteiger partial charge is 0.307 e. The summed E-state index contributed by atoms with van der Waals surface area (Å²) in [5, 5.41) is 8.89. The molecule has 1 N–H and O–H groups in total. The summed E-state index contributed by atoms with van der Waals surface area (Å²) in [6.07, 6.45) is 0.877. The number of carboxylic acid groups (broad SMARTS) is 1. The lowest BCUT2D eigenvalue weighted by Gasteiger charge is -2.23. The van der Waals surface area contributed by atoms with Crippen molar-refractivity contribution >= 4 is 11.9 Å². The molecule has 6 heteroatoms. The fourth-order valence-electron chi connectivity index (χ4n) is 2.08. The normalized spacial score (nSPS) is 19.3. The van der Waals surface area contributed by atoms with E-state index in [4.69, 9.17) is 9.84 Å². The Morgan fingerprint density at radius 3 is 2.61 bits per heavy atom. The van der Waals surface area contributed by atoms with E-state index in [0.29, 0.717) is 13.1 Å². The van der Waals surface area contributed by atoms with Crippen LogP contribution in [0, 0.1) is 5.92 Å². The van der Waals surface area contributed by atoms with Crippen molar-refractivity contribution in [3.8, 4) is 0 Å². The highest BCUT2D eigenvalue weighted by Gasteiger charge is 2.21. The van der Waals surface area contributed by atoms with Crippen molar-refractivity contribution in [1.29, 1.82) is 0 Å². The average molecular weight is 258 g/mol. The lowest BCUT2D eigenvalue weighted by molar-refractivity contribution is -0.142. The third-order valence-corrected chi connectivity index (χ3v) is 3.16. The molecule has 0 aromatic heterocycles. The van der Waals surface area contributed by atoms with Crippen molar-refractivity contribution in [3.05, 3.63) is 0 Å². The first kappa shape index (κ1) is 14.9. The molecule has 6 nitrogen and oxygen atoms in total. The van der Waals surface area contributed by atoms with Gasteiger partial charge in [-0.2, -0.15) is 0 Å². The Morgan fingerprint density at radius 2 is 2.00 bits per heavy atom. The van der Waals surface area contributed by atoms with Crippen molar-refractivity contribution in [2.45, 2.75) is 13.3 Å². The summed E-state index contributed by atoms with van der Waals surface area (Å²) in [6.45, 7) is 5.31. The van der Waals surface area contributed by atoms with Crippen LogP contribution in [0.25, 0.3) is 0 Å². The van der Waals surface area contributed by atoms with Crippen LogP contribution in [0.4, 0.5) is 0 Å². The van der Waals surface area contributed by atoms with Gasteiger partial charge >= 0.3 is 5.97 Å². The Morgan fingerprint density at radius 1 is 1.28 bits per heavy atom. The van der Waals surface area contributed by atoms with Gasteiger partial charge < -0.3 is 19.6 Å². The predicted molar refractivity (Wildman–Crippen MR) is 66.3 cm³/mol. The van der Waals surface area contributed by atoms with Crippen LogP contribution in [0.3, 0.4) is 0 Å². The Labute approximate surface area is 107 Å². The Bertz CT molecular complexity index is 296. The van der Waals surface area contributed by atoms with Gasteiger partial charge in [0.25, 0.3) is 0 Å². The molecule has 1 heterocycles. The van der Waals surface area contributed by atoms with Crippen LogP contribution < -0.4 is 0 Å². The quantitative estimate of drug-likeness (QED) is 0.745. The number of carboxylic acids is 1. The number of hydrogen-bond donors (Lipinski definition) is 1. The van der Waals surface area contributed by atoms with Crippen LogP contribution in [-0.4, -0.2) is 73.2 Å². The number of carbonyl (C=O) groups excluding carboxylic acids is 1. The first-order valence-corrected chi connectivity index (χ1v) is 6.26. The van der Waals surface area contributed by atoms with Gasteiger partial charge in [0.05, 0.1) is 5.92 Å². The SMILES string of the molecule is COCC(=O)N1CCCN(CC(C)C(=O)O)CC1. The molecule has 0 aromatic carbocycles. The number of aliphatic carboxylic acids is 1. The molecule has 0 aromatic rings. The van der Waals surface area contributed by atoms with E-state index in [9.17, 15) is 9.59 Å². The summed E-state index contributed by atoms with van der Waals surface area (Å²) < 4.78 is 4.84. The zero-order chi connectivity index (χ0) is 13.5. The molecule has 0 radical (unpaired) electrons. The Kier molecular flexibility index (Phi) is 6.07. The van der Waals surface area contributed by atoms with E-state index in [2.05, 4.69) is 4.90 Å². The Hall–Kier alpha value is -1.14. The minimum atomic E-state index is -0.772. The van der Waals surface area contributed by atoms with Crippen molar-refractivity contribution in [1.82, 2.24) is 9.80 Å². The van der Waals surface area contributed by atoms with Crippen molar-refractivity contribution < 1.29 is 19.4 Å². The van der Waals surface area contributed by atoms with E-state index in [1.165, 1.54) is 7.11 Å². The van der Waals surface area contributed by atoms with E-state index >= 15 is 0 Å². The van der Waals surface area contributed by atoms with E-state index in [-0.39, 0.29) is 18.4 Å². The first-order chi connectivity index (χ1) is 8.54. The van der Waals surface area contributed by atoms with Crippen molar-refractivity contribution in [2.75, 3.05) is 46.4 Å². The maximum atomic E-state index is 11.7. The minimum Gasteiger partial charge on any atom is -0.481 e. The number of carbonyl (C=O) groups is 2. The lowest BCUT2D eigenvalue weighted by atomic mass is 10.1. The summed E-state index contributed by atoms with van der Waals surface area (Å²) in [4.78, 5) is 26.4. The number of rotatable bonds is 5. The number of ether oxygens (including phenoxy) is 1. The van der Waals surface area contributed by atoms with Gasteiger partial charge in [-0.3, -0.25) is 9.59 Å². The fraction of sp³-hybridized carbons (Fsp3) is 0.833. The highest BCUT2D eigenvalue weighted by molar-refractivity contribution is 5.77. The van der Waals surface area contributed by atoms with Crippen molar-refractivity contribution in [2.24, 2.45) is 5.92 Å². The topological polar surface area (TPSA) is 70.1 Å². The van der Waals surface area contributed by atoms with E-state index < -0.39 is 5.97 Å². The highest BCUT2D eigenvalue weighted by atomic mass is 16.5. The third kappa shape index (κ3) is 4.62. The molecule has 0 saturated carbocycles. The summed E-state index contributed by atoms with van der Waals surface area (Å²) >= 11 is 0. The second-order valence-corrected chi connectivity index (χ2v) is 4.71. The van der Waals surface area contributed by atoms with Gasteiger partial charge in [0.1, 0.15) is 6.61 Å². The molecule has 1 aliphatic heterocycles. The van der Waals surface area contributed by atoms with Crippen LogP contribution in [0.15, 0.2) is 0 Å². The zero-order valence-corrected chi connectivity index (χ0v) is 11.1. The highest BCUT2D eigenvalue weighted by Crippen LogP contribution is 2.07. The first-order valence-electron chi connectivity index (χ1n) is 6.26. The van der Waals surface area contributed by atoms with Gasteiger partial charge in [-0.1, -0.05) is 6.92 Å². The van der Waals surface area contributed by atoms with E-state index in [1.807, 2.05) is 0 Å². The van der Waals surface area contributed by atoms with E-state index in [1.54, 1.807) is 11.8 Å². The number of nitrogens with zero attached hydrogens (tertiary/aromatic N) is 2. The number of amides is 1. The van der Waals surface area contributed by atoms with Gasteiger partial charge in [-0.15, -0.1) is 0 Å². The average Bonchev–Trinajstić information content (AvgIpc) is 2.55. The monoisotopic (exact) mass is 258 g/mol. The molecule has 18 heavy (non-hydrogen) atoms. The molecule has 1 unspecified atom stereocenters. The molecular weight excluding hydrogens is 236 g/mol.